The first-order chi connectivity index (χ1) is 6.31. The van der Waals surface area contributed by atoms with Crippen LogP contribution >= 0.6 is 22.6 Å². The summed E-state index contributed by atoms with van der Waals surface area (Å²) in [6.45, 7) is 1.36. The summed E-state index contributed by atoms with van der Waals surface area (Å²) >= 11 is 2.53. The number of halogens is 1. The minimum absolute atomic E-state index is 0.397. The highest BCUT2D eigenvalue weighted by Gasteiger charge is 2.57. The van der Waals surface area contributed by atoms with Crippen molar-refractivity contribution in [2.24, 2.45) is 23.7 Å². The van der Waals surface area contributed by atoms with E-state index in [0.717, 1.165) is 24.4 Å². The largest absolute Gasteiger partial charge is 0.396 e. The predicted octanol–water partition coefficient (Wildman–Crippen LogP) is 1.45. The third-order valence-electron chi connectivity index (χ3n) is 4.22. The van der Waals surface area contributed by atoms with Gasteiger partial charge < -0.3 is 9.84 Å². The van der Waals surface area contributed by atoms with E-state index in [4.69, 9.17) is 4.74 Å². The predicted molar refractivity (Wildman–Crippen MR) is 57.8 cm³/mol. The molecule has 0 aromatic carbocycles. The Balaban J connectivity index is 1.88. The van der Waals surface area contributed by atoms with E-state index in [1.54, 1.807) is 0 Å². The Hall–Kier alpha value is 0.650. The standard InChI is InChI=1S/C10H15IO2/c11-8-2-7-5(3-12)1-6-4-13-10(8)9(6)7/h5-10,12H,1-4H2/t5-,6+,7+,8-,9-,10+/m0/s1. The molecule has 0 aromatic heterocycles. The van der Waals surface area contributed by atoms with E-state index >= 15 is 0 Å². The molecule has 1 saturated heterocycles. The fraction of sp³-hybridized carbons (Fsp3) is 1.00. The van der Waals surface area contributed by atoms with Gasteiger partial charge in [-0.25, -0.2) is 0 Å². The number of alkyl halides is 1. The maximum absolute atomic E-state index is 9.28. The quantitative estimate of drug-likeness (QED) is 0.586. The van der Waals surface area contributed by atoms with E-state index in [9.17, 15) is 5.11 Å². The smallest absolute Gasteiger partial charge is 0.0727 e. The van der Waals surface area contributed by atoms with Crippen LogP contribution < -0.4 is 0 Å². The van der Waals surface area contributed by atoms with Crippen molar-refractivity contribution < 1.29 is 9.84 Å². The van der Waals surface area contributed by atoms with Crippen LogP contribution in [0, 0.1) is 23.7 Å². The first-order valence-electron chi connectivity index (χ1n) is 5.17. The Morgan fingerprint density at radius 1 is 1.38 bits per heavy atom. The second-order valence-corrected chi connectivity index (χ2v) is 6.33. The van der Waals surface area contributed by atoms with Crippen molar-refractivity contribution in [1.82, 2.24) is 0 Å². The molecule has 3 rings (SSSR count). The highest BCUT2D eigenvalue weighted by Crippen LogP contribution is 2.56. The lowest BCUT2D eigenvalue weighted by Crippen LogP contribution is -2.20. The Morgan fingerprint density at radius 3 is 3.00 bits per heavy atom. The topological polar surface area (TPSA) is 29.5 Å². The molecule has 2 nitrogen and oxygen atoms in total. The molecule has 0 amide bonds. The van der Waals surface area contributed by atoms with Gasteiger partial charge in [0.05, 0.1) is 12.7 Å². The number of aliphatic hydroxyl groups excluding tert-OH is 1. The molecule has 1 aliphatic heterocycles. The lowest BCUT2D eigenvalue weighted by Gasteiger charge is -2.15. The minimum Gasteiger partial charge on any atom is -0.396 e. The maximum Gasteiger partial charge on any atom is 0.0727 e. The van der Waals surface area contributed by atoms with Crippen molar-refractivity contribution in [3.63, 3.8) is 0 Å². The van der Waals surface area contributed by atoms with Crippen LogP contribution in [0.3, 0.4) is 0 Å². The van der Waals surface area contributed by atoms with Crippen molar-refractivity contribution >= 4 is 22.6 Å². The molecular weight excluding hydrogens is 279 g/mol. The summed E-state index contributed by atoms with van der Waals surface area (Å²) < 4.78 is 6.53. The minimum atomic E-state index is 0.397. The average Bonchev–Trinajstić information content (AvgIpc) is 2.70. The van der Waals surface area contributed by atoms with Crippen LogP contribution in [-0.2, 0) is 4.74 Å². The van der Waals surface area contributed by atoms with Gasteiger partial charge in [-0.05, 0) is 36.5 Å². The zero-order valence-electron chi connectivity index (χ0n) is 7.53. The molecule has 0 radical (unpaired) electrons. The number of ether oxygens (including phenoxy) is 1. The van der Waals surface area contributed by atoms with Crippen LogP contribution in [0.4, 0.5) is 0 Å². The normalized spacial score (nSPS) is 58.6. The van der Waals surface area contributed by atoms with Crippen LogP contribution in [0.15, 0.2) is 0 Å². The van der Waals surface area contributed by atoms with Gasteiger partial charge in [0.2, 0.25) is 0 Å². The second kappa shape index (κ2) is 3.07. The Kier molecular flexibility index (Phi) is 2.11. The van der Waals surface area contributed by atoms with Crippen molar-refractivity contribution in [3.8, 4) is 0 Å². The lowest BCUT2D eigenvalue weighted by atomic mass is 9.91. The summed E-state index contributed by atoms with van der Waals surface area (Å²) in [5, 5.41) is 9.28. The molecular formula is C10H15IO2. The molecule has 0 spiro atoms. The monoisotopic (exact) mass is 294 g/mol. The fourth-order valence-corrected chi connectivity index (χ4v) is 4.99. The molecule has 3 fully saturated rings. The highest BCUT2D eigenvalue weighted by molar-refractivity contribution is 14.1. The highest BCUT2D eigenvalue weighted by atomic mass is 127. The SMILES string of the molecule is OC[C@@H]1C[C@@H]2CO[C@H]3[C@@H]2[C@@H]1C[C@@H]3I. The van der Waals surface area contributed by atoms with Crippen LogP contribution in [0.2, 0.25) is 0 Å². The second-order valence-electron chi connectivity index (χ2n) is 4.73. The first kappa shape index (κ1) is 8.92. The van der Waals surface area contributed by atoms with Crippen molar-refractivity contribution in [1.29, 1.82) is 0 Å². The molecule has 2 aliphatic carbocycles. The number of hydrogen-bond donors (Lipinski definition) is 1. The van der Waals surface area contributed by atoms with E-state index in [2.05, 4.69) is 22.6 Å². The molecule has 1 N–H and O–H groups in total. The summed E-state index contributed by atoms with van der Waals surface area (Å²) in [6.07, 6.45) is 3.01. The van der Waals surface area contributed by atoms with Gasteiger partial charge in [-0.3, -0.25) is 0 Å². The van der Waals surface area contributed by atoms with Crippen LogP contribution in [0.25, 0.3) is 0 Å². The number of aliphatic hydroxyl groups is 1. The first-order valence-corrected chi connectivity index (χ1v) is 6.42. The van der Waals surface area contributed by atoms with Crippen molar-refractivity contribution in [3.05, 3.63) is 0 Å². The van der Waals surface area contributed by atoms with Gasteiger partial charge in [0.1, 0.15) is 0 Å². The molecule has 0 bridgehead atoms. The summed E-state index contributed by atoms with van der Waals surface area (Å²) in [4.78, 5) is 0. The van der Waals surface area contributed by atoms with Crippen LogP contribution in [-0.4, -0.2) is 28.3 Å². The third-order valence-corrected chi connectivity index (χ3v) is 5.44. The van der Waals surface area contributed by atoms with Crippen LogP contribution in [0.5, 0.6) is 0 Å². The molecule has 1 heterocycles. The molecule has 3 heteroatoms. The van der Waals surface area contributed by atoms with Gasteiger partial charge in [-0.15, -0.1) is 0 Å². The van der Waals surface area contributed by atoms with Crippen molar-refractivity contribution in [2.75, 3.05) is 13.2 Å². The van der Waals surface area contributed by atoms with Crippen LogP contribution in [0.1, 0.15) is 12.8 Å². The number of hydrogen-bond acceptors (Lipinski definition) is 2. The number of rotatable bonds is 1. The summed E-state index contributed by atoms with van der Waals surface area (Å²) in [5.41, 5.74) is 0. The Morgan fingerprint density at radius 2 is 2.23 bits per heavy atom. The summed E-state index contributed by atoms with van der Waals surface area (Å²) in [7, 11) is 0. The van der Waals surface area contributed by atoms with Gasteiger partial charge in [0.25, 0.3) is 0 Å². The lowest BCUT2D eigenvalue weighted by molar-refractivity contribution is 0.0921. The molecule has 3 aliphatic rings. The average molecular weight is 294 g/mol. The zero-order chi connectivity index (χ0) is 9.00. The molecule has 6 atom stereocenters. The Labute approximate surface area is 92.2 Å². The maximum atomic E-state index is 9.28. The van der Waals surface area contributed by atoms with E-state index in [1.165, 1.54) is 12.8 Å². The van der Waals surface area contributed by atoms with Gasteiger partial charge in [0.15, 0.2) is 0 Å². The molecule has 74 valence electrons. The van der Waals surface area contributed by atoms with E-state index in [1.807, 2.05) is 0 Å². The molecule has 0 unspecified atom stereocenters. The van der Waals surface area contributed by atoms with Crippen molar-refractivity contribution in [2.45, 2.75) is 22.9 Å². The Bertz CT molecular complexity index is 221. The van der Waals surface area contributed by atoms with E-state index < -0.39 is 0 Å². The third kappa shape index (κ3) is 1.13. The molecule has 13 heavy (non-hydrogen) atoms. The van der Waals surface area contributed by atoms with Gasteiger partial charge in [0, 0.05) is 10.5 Å². The van der Waals surface area contributed by atoms with Gasteiger partial charge >= 0.3 is 0 Å². The molecule has 0 aromatic rings. The zero-order valence-corrected chi connectivity index (χ0v) is 9.68. The molecule has 2 saturated carbocycles. The van der Waals surface area contributed by atoms with E-state index in [0.29, 0.717) is 22.6 Å². The van der Waals surface area contributed by atoms with Gasteiger partial charge in [-0.1, -0.05) is 22.6 Å². The summed E-state index contributed by atoms with van der Waals surface area (Å²) in [5.74, 6) is 2.91. The van der Waals surface area contributed by atoms with Gasteiger partial charge in [-0.2, -0.15) is 0 Å². The summed E-state index contributed by atoms with van der Waals surface area (Å²) in [6, 6.07) is 0. The fourth-order valence-electron chi connectivity index (χ4n) is 3.72. The van der Waals surface area contributed by atoms with E-state index in [-0.39, 0.29) is 0 Å².